The van der Waals surface area contributed by atoms with Gasteiger partial charge >= 0.3 is 5.97 Å². The second-order valence-electron chi connectivity index (χ2n) is 5.59. The van der Waals surface area contributed by atoms with Gasteiger partial charge in [-0.3, -0.25) is 4.79 Å². The number of benzene rings is 1. The molecule has 0 atom stereocenters. The Morgan fingerprint density at radius 3 is 2.81 bits per heavy atom. The zero-order valence-electron chi connectivity index (χ0n) is 11.9. The monoisotopic (exact) mass is 285 g/mol. The van der Waals surface area contributed by atoms with Gasteiger partial charge in [0.05, 0.1) is 5.52 Å². The number of hydrogen-bond acceptors (Lipinski definition) is 4. The minimum atomic E-state index is -0.699. The number of nitrogens with zero attached hydrogens (tertiary/aromatic N) is 3. The summed E-state index contributed by atoms with van der Waals surface area (Å²) in [6, 6.07) is 7.98. The number of carboxylic acid groups (broad SMARTS) is 1. The Bertz CT molecular complexity index is 636. The highest BCUT2D eigenvalue weighted by molar-refractivity contribution is 5.78. The molecule has 1 aromatic heterocycles. The van der Waals surface area contributed by atoms with Crippen LogP contribution in [0, 0.1) is 5.92 Å². The predicted molar refractivity (Wildman–Crippen MR) is 81.3 cm³/mol. The fourth-order valence-electron chi connectivity index (χ4n) is 2.86. The number of aliphatic carboxylic acids is 1. The summed E-state index contributed by atoms with van der Waals surface area (Å²) in [7, 11) is 0. The first kappa shape index (κ1) is 13.8. The molecular formula is C16H19N3O2. The second kappa shape index (κ2) is 6.08. The van der Waals surface area contributed by atoms with Crippen molar-refractivity contribution in [1.29, 1.82) is 0 Å². The van der Waals surface area contributed by atoms with E-state index in [4.69, 9.17) is 5.11 Å². The zero-order valence-corrected chi connectivity index (χ0v) is 11.9. The Hall–Kier alpha value is -2.17. The van der Waals surface area contributed by atoms with E-state index in [1.807, 2.05) is 30.5 Å². The summed E-state index contributed by atoms with van der Waals surface area (Å²) in [5.74, 6) is 0.596. The SMILES string of the molecule is O=C(O)CCC1CCN(c2ncc3ccccc3n2)CC1. The zero-order chi connectivity index (χ0) is 14.7. The summed E-state index contributed by atoms with van der Waals surface area (Å²) < 4.78 is 0. The molecule has 1 N–H and O–H groups in total. The maximum Gasteiger partial charge on any atom is 0.303 e. The van der Waals surface area contributed by atoms with Crippen molar-refractivity contribution in [3.8, 4) is 0 Å². The van der Waals surface area contributed by atoms with Gasteiger partial charge in [-0.2, -0.15) is 0 Å². The van der Waals surface area contributed by atoms with Gasteiger partial charge in [0.2, 0.25) is 5.95 Å². The van der Waals surface area contributed by atoms with Crippen molar-refractivity contribution in [3.05, 3.63) is 30.5 Å². The summed E-state index contributed by atoms with van der Waals surface area (Å²) in [4.78, 5) is 21.9. The van der Waals surface area contributed by atoms with Crippen molar-refractivity contribution in [1.82, 2.24) is 9.97 Å². The molecule has 1 fully saturated rings. The van der Waals surface area contributed by atoms with E-state index in [0.29, 0.717) is 5.92 Å². The van der Waals surface area contributed by atoms with Crippen LogP contribution in [0.25, 0.3) is 10.9 Å². The van der Waals surface area contributed by atoms with Crippen LogP contribution >= 0.6 is 0 Å². The average Bonchev–Trinajstić information content (AvgIpc) is 2.53. The minimum Gasteiger partial charge on any atom is -0.481 e. The topological polar surface area (TPSA) is 66.3 Å². The molecule has 5 nitrogen and oxygen atoms in total. The molecule has 3 rings (SSSR count). The lowest BCUT2D eigenvalue weighted by atomic mass is 9.92. The molecule has 0 bridgehead atoms. The molecule has 1 aliphatic heterocycles. The van der Waals surface area contributed by atoms with E-state index in [9.17, 15) is 4.79 Å². The predicted octanol–water partition coefficient (Wildman–Crippen LogP) is 2.71. The fraction of sp³-hybridized carbons (Fsp3) is 0.438. The number of rotatable bonds is 4. The summed E-state index contributed by atoms with van der Waals surface area (Å²) in [5.41, 5.74) is 0.968. The van der Waals surface area contributed by atoms with Crippen molar-refractivity contribution in [3.63, 3.8) is 0 Å². The lowest BCUT2D eigenvalue weighted by Crippen LogP contribution is -2.35. The third-order valence-corrected chi connectivity index (χ3v) is 4.14. The van der Waals surface area contributed by atoms with E-state index >= 15 is 0 Å². The third kappa shape index (κ3) is 3.29. The summed E-state index contributed by atoms with van der Waals surface area (Å²) in [6.07, 6.45) is 4.96. The van der Waals surface area contributed by atoms with Gasteiger partial charge in [0.1, 0.15) is 0 Å². The summed E-state index contributed by atoms with van der Waals surface area (Å²) in [6.45, 7) is 1.81. The average molecular weight is 285 g/mol. The third-order valence-electron chi connectivity index (χ3n) is 4.14. The molecule has 0 saturated carbocycles. The number of para-hydroxylation sites is 1. The number of fused-ring (bicyclic) bond motifs is 1. The number of aromatic nitrogens is 2. The van der Waals surface area contributed by atoms with Crippen molar-refractivity contribution >= 4 is 22.8 Å². The Labute approximate surface area is 123 Å². The molecule has 1 aliphatic rings. The molecule has 0 aliphatic carbocycles. The van der Waals surface area contributed by atoms with Crippen LogP contribution in [0.2, 0.25) is 0 Å². The lowest BCUT2D eigenvalue weighted by molar-refractivity contribution is -0.137. The van der Waals surface area contributed by atoms with E-state index in [1.165, 1.54) is 0 Å². The molecule has 2 heterocycles. The maximum atomic E-state index is 10.6. The molecule has 2 aromatic rings. The van der Waals surface area contributed by atoms with Crippen LogP contribution < -0.4 is 4.90 Å². The van der Waals surface area contributed by atoms with E-state index in [2.05, 4.69) is 14.9 Å². The number of carboxylic acids is 1. The fourth-order valence-corrected chi connectivity index (χ4v) is 2.86. The first-order valence-corrected chi connectivity index (χ1v) is 7.41. The van der Waals surface area contributed by atoms with Crippen molar-refractivity contribution in [2.75, 3.05) is 18.0 Å². The largest absolute Gasteiger partial charge is 0.481 e. The van der Waals surface area contributed by atoms with Gasteiger partial charge in [-0.25, -0.2) is 9.97 Å². The highest BCUT2D eigenvalue weighted by Gasteiger charge is 2.21. The van der Waals surface area contributed by atoms with Crippen LogP contribution in [-0.2, 0) is 4.79 Å². The van der Waals surface area contributed by atoms with Crippen LogP contribution in [0.4, 0.5) is 5.95 Å². The highest BCUT2D eigenvalue weighted by Crippen LogP contribution is 2.25. The Morgan fingerprint density at radius 2 is 2.05 bits per heavy atom. The normalized spacial score (nSPS) is 16.3. The first-order chi connectivity index (χ1) is 10.2. The molecule has 1 aromatic carbocycles. The Balaban J connectivity index is 1.64. The number of anilines is 1. The molecule has 0 radical (unpaired) electrons. The molecular weight excluding hydrogens is 266 g/mol. The van der Waals surface area contributed by atoms with Gasteiger partial charge in [-0.1, -0.05) is 18.2 Å². The van der Waals surface area contributed by atoms with Gasteiger partial charge in [0.15, 0.2) is 0 Å². The molecule has 0 spiro atoms. The molecule has 0 unspecified atom stereocenters. The van der Waals surface area contributed by atoms with E-state index in [1.54, 1.807) is 0 Å². The summed E-state index contributed by atoms with van der Waals surface area (Å²) >= 11 is 0. The molecule has 0 amide bonds. The smallest absolute Gasteiger partial charge is 0.303 e. The minimum absolute atomic E-state index is 0.275. The van der Waals surface area contributed by atoms with Crippen molar-refractivity contribution in [2.45, 2.75) is 25.7 Å². The van der Waals surface area contributed by atoms with E-state index in [-0.39, 0.29) is 6.42 Å². The van der Waals surface area contributed by atoms with Crippen LogP contribution in [0.5, 0.6) is 0 Å². The van der Waals surface area contributed by atoms with Crippen LogP contribution in [0.1, 0.15) is 25.7 Å². The Kier molecular flexibility index (Phi) is 3.99. The second-order valence-corrected chi connectivity index (χ2v) is 5.59. The van der Waals surface area contributed by atoms with Crippen molar-refractivity contribution < 1.29 is 9.90 Å². The quantitative estimate of drug-likeness (QED) is 0.935. The molecule has 21 heavy (non-hydrogen) atoms. The molecule has 1 saturated heterocycles. The van der Waals surface area contributed by atoms with Gasteiger partial charge < -0.3 is 10.0 Å². The maximum absolute atomic E-state index is 10.6. The lowest BCUT2D eigenvalue weighted by Gasteiger charge is -2.31. The molecule has 5 heteroatoms. The van der Waals surface area contributed by atoms with Gasteiger partial charge in [0.25, 0.3) is 0 Å². The van der Waals surface area contributed by atoms with Gasteiger partial charge in [0, 0.05) is 31.1 Å². The highest BCUT2D eigenvalue weighted by atomic mass is 16.4. The number of hydrogen-bond donors (Lipinski definition) is 1. The number of carbonyl (C=O) groups is 1. The van der Waals surface area contributed by atoms with Gasteiger partial charge in [-0.15, -0.1) is 0 Å². The Morgan fingerprint density at radius 1 is 1.29 bits per heavy atom. The molecule has 110 valence electrons. The number of piperidine rings is 1. The van der Waals surface area contributed by atoms with Gasteiger partial charge in [-0.05, 0) is 31.2 Å². The summed E-state index contributed by atoms with van der Waals surface area (Å²) in [5, 5.41) is 9.80. The van der Waals surface area contributed by atoms with Crippen molar-refractivity contribution in [2.24, 2.45) is 5.92 Å². The standard InChI is InChI=1S/C16H19N3O2/c20-15(21)6-5-12-7-9-19(10-8-12)16-17-11-13-3-1-2-4-14(13)18-16/h1-4,11-12H,5-10H2,(H,20,21). The van der Waals surface area contributed by atoms with Crippen LogP contribution in [-0.4, -0.2) is 34.1 Å². The van der Waals surface area contributed by atoms with E-state index in [0.717, 1.165) is 49.2 Å². The van der Waals surface area contributed by atoms with Crippen LogP contribution in [0.3, 0.4) is 0 Å². The van der Waals surface area contributed by atoms with E-state index < -0.39 is 5.97 Å². The first-order valence-electron chi connectivity index (χ1n) is 7.41. The van der Waals surface area contributed by atoms with Crippen LogP contribution in [0.15, 0.2) is 30.5 Å².